The molecule has 1 aromatic carbocycles. The van der Waals surface area contributed by atoms with Crippen molar-refractivity contribution < 1.29 is 14.0 Å². The maximum absolute atomic E-state index is 11.9. The Labute approximate surface area is 156 Å². The standard InChI is InChI=1S/C17H14BrN5O3/c18-14-7-6-13(26-14)17(25)21-20-8-12-9-23(10-15(19)24)22-16(12)11-4-2-1-3-5-11/h1-9H,10H2,(H2,19,24)(H,21,25)/b20-8+. The fraction of sp³-hybridized carbons (Fsp3) is 0.0588. The summed E-state index contributed by atoms with van der Waals surface area (Å²) in [7, 11) is 0. The summed E-state index contributed by atoms with van der Waals surface area (Å²) < 4.78 is 7.03. The third-order valence-electron chi connectivity index (χ3n) is 3.32. The summed E-state index contributed by atoms with van der Waals surface area (Å²) in [4.78, 5) is 23.1. The number of hydrogen-bond acceptors (Lipinski definition) is 5. The van der Waals surface area contributed by atoms with Crippen molar-refractivity contribution in [3.05, 3.63) is 64.7 Å². The van der Waals surface area contributed by atoms with E-state index in [-0.39, 0.29) is 12.3 Å². The highest BCUT2D eigenvalue weighted by Crippen LogP contribution is 2.20. The molecule has 132 valence electrons. The zero-order valence-corrected chi connectivity index (χ0v) is 15.0. The molecule has 3 N–H and O–H groups in total. The normalized spacial score (nSPS) is 11.0. The molecule has 0 atom stereocenters. The van der Waals surface area contributed by atoms with Crippen LogP contribution in [0.4, 0.5) is 0 Å². The topological polar surface area (TPSA) is 116 Å². The van der Waals surface area contributed by atoms with Crippen LogP contribution in [-0.4, -0.2) is 27.8 Å². The number of nitrogens with one attached hydrogen (secondary N) is 1. The van der Waals surface area contributed by atoms with E-state index in [9.17, 15) is 9.59 Å². The van der Waals surface area contributed by atoms with Gasteiger partial charge in [-0.1, -0.05) is 30.3 Å². The Morgan fingerprint density at radius 3 is 2.69 bits per heavy atom. The van der Waals surface area contributed by atoms with E-state index in [4.69, 9.17) is 10.2 Å². The fourth-order valence-electron chi connectivity index (χ4n) is 2.24. The van der Waals surface area contributed by atoms with E-state index >= 15 is 0 Å². The highest BCUT2D eigenvalue weighted by atomic mass is 79.9. The van der Waals surface area contributed by atoms with Crippen molar-refractivity contribution in [2.75, 3.05) is 0 Å². The molecule has 0 spiro atoms. The van der Waals surface area contributed by atoms with E-state index in [0.29, 0.717) is 15.9 Å². The van der Waals surface area contributed by atoms with Crippen molar-refractivity contribution in [2.45, 2.75) is 6.54 Å². The molecule has 3 rings (SSSR count). The second-order valence-corrected chi connectivity index (χ2v) is 6.05. The Morgan fingerprint density at radius 1 is 1.27 bits per heavy atom. The first-order chi connectivity index (χ1) is 12.5. The number of primary amides is 1. The molecule has 2 amide bonds. The summed E-state index contributed by atoms with van der Waals surface area (Å²) in [6.07, 6.45) is 3.08. The highest BCUT2D eigenvalue weighted by molar-refractivity contribution is 9.10. The first-order valence-electron chi connectivity index (χ1n) is 7.53. The van der Waals surface area contributed by atoms with E-state index in [2.05, 4.69) is 31.6 Å². The Morgan fingerprint density at radius 2 is 2.04 bits per heavy atom. The lowest BCUT2D eigenvalue weighted by molar-refractivity contribution is -0.118. The first-order valence-corrected chi connectivity index (χ1v) is 8.32. The molecule has 0 radical (unpaired) electrons. The minimum absolute atomic E-state index is 0.0551. The number of amides is 2. The van der Waals surface area contributed by atoms with Crippen molar-refractivity contribution in [2.24, 2.45) is 10.8 Å². The number of aromatic nitrogens is 2. The fourth-order valence-corrected chi connectivity index (χ4v) is 2.55. The Hall–Kier alpha value is -3.20. The summed E-state index contributed by atoms with van der Waals surface area (Å²) in [5.41, 5.74) is 9.69. The van der Waals surface area contributed by atoms with Crippen LogP contribution >= 0.6 is 15.9 Å². The Balaban J connectivity index is 1.82. The molecule has 2 heterocycles. The van der Waals surface area contributed by atoms with Gasteiger partial charge in [0.15, 0.2) is 10.4 Å². The first kappa shape index (κ1) is 17.6. The van der Waals surface area contributed by atoms with Crippen LogP contribution in [0.5, 0.6) is 0 Å². The molecule has 9 heteroatoms. The van der Waals surface area contributed by atoms with Gasteiger partial charge in [-0.15, -0.1) is 0 Å². The number of hydrogen-bond donors (Lipinski definition) is 2. The number of nitrogens with two attached hydrogens (primary N) is 1. The van der Waals surface area contributed by atoms with Crippen LogP contribution < -0.4 is 11.2 Å². The zero-order valence-electron chi connectivity index (χ0n) is 13.4. The lowest BCUT2D eigenvalue weighted by Gasteiger charge is -1.98. The van der Waals surface area contributed by atoms with Crippen molar-refractivity contribution >= 4 is 34.0 Å². The van der Waals surface area contributed by atoms with E-state index in [1.165, 1.54) is 17.0 Å². The third kappa shape index (κ3) is 4.25. The molecule has 8 nitrogen and oxygen atoms in total. The molecule has 0 fully saturated rings. The van der Waals surface area contributed by atoms with Crippen molar-refractivity contribution in [3.8, 4) is 11.3 Å². The van der Waals surface area contributed by atoms with Gasteiger partial charge in [0, 0.05) is 17.3 Å². The van der Waals surface area contributed by atoms with Crippen LogP contribution in [0.3, 0.4) is 0 Å². The van der Waals surface area contributed by atoms with Gasteiger partial charge in [0.05, 0.1) is 6.21 Å². The van der Waals surface area contributed by atoms with Gasteiger partial charge >= 0.3 is 5.91 Å². The van der Waals surface area contributed by atoms with E-state index in [1.54, 1.807) is 12.3 Å². The Kier molecular flexibility index (Phi) is 5.28. The summed E-state index contributed by atoms with van der Waals surface area (Å²) >= 11 is 3.13. The Bertz CT molecular complexity index is 962. The van der Waals surface area contributed by atoms with Gasteiger partial charge in [0.1, 0.15) is 12.2 Å². The number of benzene rings is 1. The molecule has 2 aromatic heterocycles. The number of furan rings is 1. The van der Waals surface area contributed by atoms with Gasteiger partial charge in [-0.05, 0) is 28.1 Å². The van der Waals surface area contributed by atoms with E-state index in [0.717, 1.165) is 5.56 Å². The van der Waals surface area contributed by atoms with Crippen LogP contribution in [0, 0.1) is 0 Å². The quantitative estimate of drug-likeness (QED) is 0.473. The van der Waals surface area contributed by atoms with Crippen LogP contribution in [0.15, 0.2) is 62.8 Å². The molecular formula is C17H14BrN5O3. The monoisotopic (exact) mass is 415 g/mol. The van der Waals surface area contributed by atoms with Gasteiger partial charge in [0.25, 0.3) is 0 Å². The summed E-state index contributed by atoms with van der Waals surface area (Å²) in [6, 6.07) is 12.5. The highest BCUT2D eigenvalue weighted by Gasteiger charge is 2.12. The lowest BCUT2D eigenvalue weighted by Crippen LogP contribution is -2.18. The second-order valence-electron chi connectivity index (χ2n) is 5.27. The predicted octanol–water partition coefficient (Wildman–Crippen LogP) is 2.15. The van der Waals surface area contributed by atoms with Crippen molar-refractivity contribution in [1.82, 2.24) is 15.2 Å². The molecule has 3 aromatic rings. The van der Waals surface area contributed by atoms with Gasteiger partial charge < -0.3 is 10.2 Å². The van der Waals surface area contributed by atoms with Crippen LogP contribution in [-0.2, 0) is 11.3 Å². The number of hydrazone groups is 1. The molecule has 0 aliphatic heterocycles. The zero-order chi connectivity index (χ0) is 18.5. The minimum atomic E-state index is -0.507. The molecule has 0 aliphatic rings. The largest absolute Gasteiger partial charge is 0.444 e. The number of halogens is 1. The molecule has 0 bridgehead atoms. The number of rotatable bonds is 6. The average molecular weight is 416 g/mol. The maximum atomic E-state index is 11.9. The summed E-state index contributed by atoms with van der Waals surface area (Å²) in [6.45, 7) is -0.0551. The van der Waals surface area contributed by atoms with Gasteiger partial charge in [0.2, 0.25) is 5.91 Å². The average Bonchev–Trinajstić information content (AvgIpc) is 3.21. The van der Waals surface area contributed by atoms with Gasteiger partial charge in [-0.2, -0.15) is 10.2 Å². The minimum Gasteiger partial charge on any atom is -0.444 e. The maximum Gasteiger partial charge on any atom is 0.307 e. The van der Waals surface area contributed by atoms with E-state index in [1.807, 2.05) is 30.3 Å². The smallest absolute Gasteiger partial charge is 0.307 e. The van der Waals surface area contributed by atoms with Crippen LogP contribution in [0.25, 0.3) is 11.3 Å². The summed E-state index contributed by atoms with van der Waals surface area (Å²) in [5, 5.41) is 8.30. The number of carbonyl (C=O) groups is 2. The van der Waals surface area contributed by atoms with Gasteiger partial charge in [-0.3, -0.25) is 14.3 Å². The number of nitrogens with zero attached hydrogens (tertiary/aromatic N) is 3. The third-order valence-corrected chi connectivity index (χ3v) is 3.75. The molecule has 0 saturated heterocycles. The molecule has 0 unspecified atom stereocenters. The van der Waals surface area contributed by atoms with Crippen LogP contribution in [0.1, 0.15) is 16.1 Å². The number of carbonyl (C=O) groups excluding carboxylic acids is 2. The van der Waals surface area contributed by atoms with Gasteiger partial charge in [-0.25, -0.2) is 5.43 Å². The molecule has 26 heavy (non-hydrogen) atoms. The van der Waals surface area contributed by atoms with E-state index < -0.39 is 11.8 Å². The second kappa shape index (κ2) is 7.79. The lowest BCUT2D eigenvalue weighted by atomic mass is 10.1. The van der Waals surface area contributed by atoms with Crippen LogP contribution in [0.2, 0.25) is 0 Å². The van der Waals surface area contributed by atoms with Crippen molar-refractivity contribution in [1.29, 1.82) is 0 Å². The molecule has 0 saturated carbocycles. The van der Waals surface area contributed by atoms with Crippen molar-refractivity contribution in [3.63, 3.8) is 0 Å². The summed E-state index contributed by atoms with van der Waals surface area (Å²) in [5.74, 6) is -0.869. The predicted molar refractivity (Wildman–Crippen MR) is 98.3 cm³/mol. The molecular weight excluding hydrogens is 402 g/mol. The molecule has 0 aliphatic carbocycles. The SMILES string of the molecule is NC(=O)Cn1cc(/C=N/NC(=O)c2ccc(Br)o2)c(-c2ccccc2)n1.